The molecule has 0 atom stereocenters. The van der Waals surface area contributed by atoms with E-state index in [0.29, 0.717) is 18.5 Å². The standard InChI is InChI=1S/C14H14ClFN2OS/c1-17-13-10(3-2-4-11(13)16)14(19)18-8-7-9-5-6-12(15)20-9/h2-6,17H,7-8H2,1H3,(H,18,19). The second kappa shape index (κ2) is 6.72. The Morgan fingerprint density at radius 2 is 2.15 bits per heavy atom. The highest BCUT2D eigenvalue weighted by atomic mass is 35.5. The van der Waals surface area contributed by atoms with Crippen LogP contribution < -0.4 is 10.6 Å². The Hall–Kier alpha value is -1.59. The molecular weight excluding hydrogens is 299 g/mol. The van der Waals surface area contributed by atoms with Crippen molar-refractivity contribution < 1.29 is 9.18 Å². The summed E-state index contributed by atoms with van der Waals surface area (Å²) in [6, 6.07) is 8.18. The SMILES string of the molecule is CNc1c(F)cccc1C(=O)NCCc1ccc(Cl)s1. The molecule has 106 valence electrons. The van der Waals surface area contributed by atoms with E-state index in [4.69, 9.17) is 11.6 Å². The van der Waals surface area contributed by atoms with Crippen molar-refractivity contribution in [3.63, 3.8) is 0 Å². The van der Waals surface area contributed by atoms with E-state index in [-0.39, 0.29) is 11.6 Å². The van der Waals surface area contributed by atoms with Gasteiger partial charge in [0.2, 0.25) is 0 Å². The van der Waals surface area contributed by atoms with Gasteiger partial charge in [0.1, 0.15) is 5.82 Å². The quantitative estimate of drug-likeness (QED) is 0.886. The number of hydrogen-bond acceptors (Lipinski definition) is 3. The number of anilines is 1. The van der Waals surface area contributed by atoms with Gasteiger partial charge in [-0.25, -0.2) is 4.39 Å². The molecule has 0 fully saturated rings. The molecule has 0 aliphatic heterocycles. The lowest BCUT2D eigenvalue weighted by atomic mass is 10.1. The van der Waals surface area contributed by atoms with Gasteiger partial charge in [0.25, 0.3) is 5.91 Å². The zero-order chi connectivity index (χ0) is 14.5. The topological polar surface area (TPSA) is 41.1 Å². The number of carbonyl (C=O) groups is 1. The Morgan fingerprint density at radius 1 is 1.35 bits per heavy atom. The summed E-state index contributed by atoms with van der Waals surface area (Å²) < 4.78 is 14.3. The van der Waals surface area contributed by atoms with Crippen LogP contribution in [0.15, 0.2) is 30.3 Å². The van der Waals surface area contributed by atoms with Gasteiger partial charge >= 0.3 is 0 Å². The minimum Gasteiger partial charge on any atom is -0.385 e. The molecular formula is C14H14ClFN2OS. The third kappa shape index (κ3) is 3.49. The number of benzene rings is 1. The summed E-state index contributed by atoms with van der Waals surface area (Å²) in [4.78, 5) is 13.1. The summed E-state index contributed by atoms with van der Waals surface area (Å²) in [6.45, 7) is 0.481. The van der Waals surface area contributed by atoms with Gasteiger partial charge in [0, 0.05) is 18.5 Å². The summed E-state index contributed by atoms with van der Waals surface area (Å²) in [7, 11) is 1.59. The van der Waals surface area contributed by atoms with Crippen molar-refractivity contribution in [2.45, 2.75) is 6.42 Å². The number of hydrogen-bond donors (Lipinski definition) is 2. The molecule has 6 heteroatoms. The minimum atomic E-state index is -0.440. The molecule has 1 aromatic heterocycles. The van der Waals surface area contributed by atoms with Crippen LogP contribution in [-0.4, -0.2) is 19.5 Å². The molecule has 0 aliphatic rings. The zero-order valence-corrected chi connectivity index (χ0v) is 12.4. The zero-order valence-electron chi connectivity index (χ0n) is 10.9. The van der Waals surface area contributed by atoms with Crippen LogP contribution >= 0.6 is 22.9 Å². The number of rotatable bonds is 5. The lowest BCUT2D eigenvalue weighted by molar-refractivity contribution is 0.0954. The molecule has 1 aromatic carbocycles. The molecule has 1 heterocycles. The molecule has 0 saturated carbocycles. The van der Waals surface area contributed by atoms with Crippen molar-refractivity contribution in [2.24, 2.45) is 0 Å². The predicted octanol–water partition coefficient (Wildman–Crippen LogP) is 3.55. The van der Waals surface area contributed by atoms with Crippen molar-refractivity contribution in [1.29, 1.82) is 0 Å². The monoisotopic (exact) mass is 312 g/mol. The molecule has 1 amide bonds. The van der Waals surface area contributed by atoms with E-state index in [0.717, 1.165) is 9.21 Å². The fraction of sp³-hybridized carbons (Fsp3) is 0.214. The number of para-hydroxylation sites is 1. The van der Waals surface area contributed by atoms with Gasteiger partial charge in [0.05, 0.1) is 15.6 Å². The van der Waals surface area contributed by atoms with Crippen molar-refractivity contribution in [1.82, 2.24) is 5.32 Å². The first-order chi connectivity index (χ1) is 9.61. The lowest BCUT2D eigenvalue weighted by Gasteiger charge is -2.10. The summed E-state index contributed by atoms with van der Waals surface area (Å²) in [5.74, 6) is -0.735. The highest BCUT2D eigenvalue weighted by Crippen LogP contribution is 2.22. The first-order valence-electron chi connectivity index (χ1n) is 6.10. The highest BCUT2D eigenvalue weighted by molar-refractivity contribution is 7.16. The van der Waals surface area contributed by atoms with E-state index in [2.05, 4.69) is 10.6 Å². The van der Waals surface area contributed by atoms with Gasteiger partial charge in [-0.3, -0.25) is 4.79 Å². The lowest BCUT2D eigenvalue weighted by Crippen LogP contribution is -2.26. The molecule has 3 nitrogen and oxygen atoms in total. The first kappa shape index (κ1) is 14.8. The van der Waals surface area contributed by atoms with Crippen LogP contribution in [0.25, 0.3) is 0 Å². The summed E-state index contributed by atoms with van der Waals surface area (Å²) in [5.41, 5.74) is 0.515. The second-order valence-corrected chi connectivity index (χ2v) is 5.92. The Kier molecular flexibility index (Phi) is 4.98. The molecule has 0 unspecified atom stereocenters. The minimum absolute atomic E-state index is 0.212. The maximum Gasteiger partial charge on any atom is 0.253 e. The van der Waals surface area contributed by atoms with E-state index in [1.165, 1.54) is 23.5 Å². The van der Waals surface area contributed by atoms with E-state index in [9.17, 15) is 9.18 Å². The number of thiophene rings is 1. The van der Waals surface area contributed by atoms with Crippen molar-refractivity contribution >= 4 is 34.5 Å². The molecule has 0 radical (unpaired) electrons. The van der Waals surface area contributed by atoms with Crippen LogP contribution in [0.1, 0.15) is 15.2 Å². The largest absolute Gasteiger partial charge is 0.385 e. The third-order valence-corrected chi connectivity index (χ3v) is 4.08. The van der Waals surface area contributed by atoms with Crippen LogP contribution in [0.4, 0.5) is 10.1 Å². The maximum atomic E-state index is 13.5. The first-order valence-corrected chi connectivity index (χ1v) is 7.30. The van der Waals surface area contributed by atoms with Crippen LogP contribution in [0.3, 0.4) is 0 Å². The number of nitrogens with one attached hydrogen (secondary N) is 2. The Labute approximate surface area is 125 Å². The smallest absolute Gasteiger partial charge is 0.253 e. The Balaban J connectivity index is 1.97. The second-order valence-electron chi connectivity index (χ2n) is 4.12. The maximum absolute atomic E-state index is 13.5. The van der Waals surface area contributed by atoms with E-state index in [1.807, 2.05) is 12.1 Å². The molecule has 0 spiro atoms. The van der Waals surface area contributed by atoms with E-state index >= 15 is 0 Å². The Morgan fingerprint density at radius 3 is 2.80 bits per heavy atom. The van der Waals surface area contributed by atoms with E-state index < -0.39 is 5.82 Å². The van der Waals surface area contributed by atoms with Gasteiger partial charge in [-0.15, -0.1) is 11.3 Å². The van der Waals surface area contributed by atoms with Gasteiger partial charge < -0.3 is 10.6 Å². The summed E-state index contributed by atoms with van der Waals surface area (Å²) >= 11 is 7.32. The van der Waals surface area contributed by atoms with Crippen molar-refractivity contribution in [3.8, 4) is 0 Å². The normalized spacial score (nSPS) is 10.3. The predicted molar refractivity (Wildman–Crippen MR) is 81.3 cm³/mol. The molecule has 0 aliphatic carbocycles. The number of carbonyl (C=O) groups excluding carboxylic acids is 1. The number of halogens is 2. The molecule has 2 rings (SSSR count). The van der Waals surface area contributed by atoms with Crippen LogP contribution in [0, 0.1) is 5.82 Å². The molecule has 2 N–H and O–H groups in total. The number of amides is 1. The van der Waals surface area contributed by atoms with Crippen molar-refractivity contribution in [3.05, 3.63) is 50.9 Å². The van der Waals surface area contributed by atoms with Gasteiger partial charge in [-0.1, -0.05) is 17.7 Å². The highest BCUT2D eigenvalue weighted by Gasteiger charge is 2.13. The van der Waals surface area contributed by atoms with Gasteiger partial charge in [0.15, 0.2) is 0 Å². The van der Waals surface area contributed by atoms with E-state index in [1.54, 1.807) is 13.1 Å². The van der Waals surface area contributed by atoms with Gasteiger partial charge in [-0.2, -0.15) is 0 Å². The average Bonchev–Trinajstić information content (AvgIpc) is 2.84. The summed E-state index contributed by atoms with van der Waals surface area (Å²) in [5, 5.41) is 5.48. The fourth-order valence-corrected chi connectivity index (χ4v) is 2.94. The third-order valence-electron chi connectivity index (χ3n) is 2.79. The molecule has 0 saturated heterocycles. The van der Waals surface area contributed by atoms with Gasteiger partial charge in [-0.05, 0) is 30.7 Å². The van der Waals surface area contributed by atoms with Crippen LogP contribution in [0.5, 0.6) is 0 Å². The summed E-state index contributed by atoms with van der Waals surface area (Å²) in [6.07, 6.45) is 0.702. The van der Waals surface area contributed by atoms with Crippen molar-refractivity contribution in [2.75, 3.05) is 18.9 Å². The molecule has 0 bridgehead atoms. The van der Waals surface area contributed by atoms with Crippen LogP contribution in [0.2, 0.25) is 4.34 Å². The fourth-order valence-electron chi connectivity index (χ4n) is 1.85. The van der Waals surface area contributed by atoms with Crippen LogP contribution in [-0.2, 0) is 6.42 Å². The average molecular weight is 313 g/mol. The molecule has 20 heavy (non-hydrogen) atoms. The molecule has 2 aromatic rings. The Bertz CT molecular complexity index is 615.